The second-order valence-electron chi connectivity index (χ2n) is 8.99. The lowest BCUT2D eigenvalue weighted by Crippen LogP contribution is -2.20. The van der Waals surface area contributed by atoms with E-state index in [1.54, 1.807) is 0 Å². The maximum atomic E-state index is 6.21. The first kappa shape index (κ1) is 17.1. The highest BCUT2D eigenvalue weighted by Crippen LogP contribution is 2.49. The van der Waals surface area contributed by atoms with E-state index < -0.39 is 6.29 Å². The number of ether oxygens (including phenoxy) is 4. The normalized spacial score (nSPS) is 18.3. The Balaban J connectivity index is 1.74. The standard InChI is InChI=1S/C22H26O4/c1-21(2,3)13-7-9-15-17(11-13)26-20(25-15)14-8-10-16-19(24-12-23-16)18(14)22(4,5)6/h7-11,20H,12H2,1-6H3. The van der Waals surface area contributed by atoms with Crippen LogP contribution in [0.25, 0.3) is 0 Å². The monoisotopic (exact) mass is 354 g/mol. The number of fused-ring (bicyclic) bond motifs is 2. The van der Waals surface area contributed by atoms with E-state index in [0.29, 0.717) is 0 Å². The summed E-state index contributed by atoms with van der Waals surface area (Å²) in [6.07, 6.45) is -0.482. The van der Waals surface area contributed by atoms with E-state index in [9.17, 15) is 0 Å². The third kappa shape index (κ3) is 2.77. The smallest absolute Gasteiger partial charge is 0.268 e. The van der Waals surface area contributed by atoms with Crippen molar-refractivity contribution in [1.82, 2.24) is 0 Å². The minimum Gasteiger partial charge on any atom is -0.454 e. The maximum absolute atomic E-state index is 6.21. The van der Waals surface area contributed by atoms with Crippen molar-refractivity contribution in [2.24, 2.45) is 0 Å². The van der Waals surface area contributed by atoms with Crippen LogP contribution in [0.2, 0.25) is 0 Å². The highest BCUT2D eigenvalue weighted by atomic mass is 16.7. The van der Waals surface area contributed by atoms with Crippen molar-refractivity contribution in [3.8, 4) is 23.0 Å². The molecule has 138 valence electrons. The van der Waals surface area contributed by atoms with Gasteiger partial charge in [-0.1, -0.05) is 47.6 Å². The van der Waals surface area contributed by atoms with Crippen LogP contribution < -0.4 is 18.9 Å². The van der Waals surface area contributed by atoms with Gasteiger partial charge in [0, 0.05) is 11.1 Å². The molecule has 0 amide bonds. The van der Waals surface area contributed by atoms with Crippen LogP contribution in [0.3, 0.4) is 0 Å². The molecule has 2 aliphatic rings. The maximum Gasteiger partial charge on any atom is 0.268 e. The first-order valence-electron chi connectivity index (χ1n) is 9.05. The van der Waals surface area contributed by atoms with Crippen molar-refractivity contribution in [2.75, 3.05) is 6.79 Å². The summed E-state index contributed by atoms with van der Waals surface area (Å²) >= 11 is 0. The van der Waals surface area contributed by atoms with Crippen molar-refractivity contribution >= 4 is 0 Å². The Bertz CT molecular complexity index is 856. The van der Waals surface area contributed by atoms with Crippen LogP contribution in [0.5, 0.6) is 23.0 Å². The van der Waals surface area contributed by atoms with E-state index in [-0.39, 0.29) is 17.6 Å². The van der Waals surface area contributed by atoms with Crippen LogP contribution >= 0.6 is 0 Å². The summed E-state index contributed by atoms with van der Waals surface area (Å²) < 4.78 is 23.7. The van der Waals surface area contributed by atoms with Gasteiger partial charge in [-0.3, -0.25) is 0 Å². The Morgan fingerprint density at radius 1 is 0.769 bits per heavy atom. The third-order valence-corrected chi connectivity index (χ3v) is 4.85. The summed E-state index contributed by atoms with van der Waals surface area (Å²) in [5.41, 5.74) is 3.21. The molecule has 4 rings (SSSR count). The summed E-state index contributed by atoms with van der Waals surface area (Å²) in [4.78, 5) is 0. The Morgan fingerprint density at radius 2 is 1.46 bits per heavy atom. The first-order valence-corrected chi connectivity index (χ1v) is 9.05. The molecule has 0 N–H and O–H groups in total. The molecule has 2 heterocycles. The van der Waals surface area contributed by atoms with Gasteiger partial charge in [0.2, 0.25) is 6.79 Å². The van der Waals surface area contributed by atoms with Crippen LogP contribution in [-0.2, 0) is 10.8 Å². The van der Waals surface area contributed by atoms with Crippen LogP contribution in [0.4, 0.5) is 0 Å². The summed E-state index contributed by atoms with van der Waals surface area (Å²) in [7, 11) is 0. The quantitative estimate of drug-likeness (QED) is 0.679. The van der Waals surface area contributed by atoms with Gasteiger partial charge in [0.15, 0.2) is 23.0 Å². The van der Waals surface area contributed by atoms with E-state index in [1.165, 1.54) is 5.56 Å². The molecule has 0 radical (unpaired) electrons. The Hall–Kier alpha value is -2.36. The van der Waals surface area contributed by atoms with E-state index in [2.05, 4.69) is 53.7 Å². The van der Waals surface area contributed by atoms with Gasteiger partial charge in [-0.25, -0.2) is 0 Å². The molecule has 1 atom stereocenters. The van der Waals surface area contributed by atoms with Crippen LogP contribution in [-0.4, -0.2) is 6.79 Å². The van der Waals surface area contributed by atoms with Gasteiger partial charge in [-0.05, 0) is 40.7 Å². The van der Waals surface area contributed by atoms with Crippen LogP contribution in [0.15, 0.2) is 30.3 Å². The van der Waals surface area contributed by atoms with Crippen molar-refractivity contribution in [1.29, 1.82) is 0 Å². The molecule has 0 spiro atoms. The molecular weight excluding hydrogens is 328 g/mol. The Morgan fingerprint density at radius 3 is 2.15 bits per heavy atom. The zero-order valence-electron chi connectivity index (χ0n) is 16.3. The van der Waals surface area contributed by atoms with Gasteiger partial charge in [-0.2, -0.15) is 0 Å². The summed E-state index contributed by atoms with van der Waals surface area (Å²) in [5, 5.41) is 0. The van der Waals surface area contributed by atoms with Crippen molar-refractivity contribution in [3.63, 3.8) is 0 Å². The van der Waals surface area contributed by atoms with E-state index >= 15 is 0 Å². The van der Waals surface area contributed by atoms with Crippen molar-refractivity contribution < 1.29 is 18.9 Å². The lowest BCUT2D eigenvalue weighted by Gasteiger charge is -2.26. The SMILES string of the molecule is CC(C)(C)c1ccc2c(c1)OC(c1ccc3c(c1C(C)(C)C)OCO3)O2. The highest BCUT2D eigenvalue weighted by molar-refractivity contribution is 5.56. The topological polar surface area (TPSA) is 36.9 Å². The van der Waals surface area contributed by atoms with Gasteiger partial charge >= 0.3 is 0 Å². The second kappa shape index (κ2) is 5.57. The van der Waals surface area contributed by atoms with Gasteiger partial charge in [0.1, 0.15) is 0 Å². The van der Waals surface area contributed by atoms with Gasteiger partial charge in [0.25, 0.3) is 6.29 Å². The lowest BCUT2D eigenvalue weighted by atomic mass is 9.82. The summed E-state index contributed by atoms with van der Waals surface area (Å²) in [6.45, 7) is 13.3. The fourth-order valence-electron chi connectivity index (χ4n) is 3.50. The third-order valence-electron chi connectivity index (χ3n) is 4.85. The van der Waals surface area contributed by atoms with Crippen LogP contribution in [0.1, 0.15) is 64.5 Å². The zero-order chi connectivity index (χ0) is 18.7. The largest absolute Gasteiger partial charge is 0.454 e. The molecule has 2 aromatic carbocycles. The highest BCUT2D eigenvalue weighted by Gasteiger charge is 2.36. The van der Waals surface area contributed by atoms with E-state index in [1.807, 2.05) is 18.2 Å². The molecular formula is C22H26O4. The molecule has 26 heavy (non-hydrogen) atoms. The Labute approximate surface area is 155 Å². The second-order valence-corrected chi connectivity index (χ2v) is 8.99. The van der Waals surface area contributed by atoms with Gasteiger partial charge < -0.3 is 18.9 Å². The molecule has 2 aromatic rings. The predicted octanol–water partition coefficient (Wildman–Crippen LogP) is 5.48. The predicted molar refractivity (Wildman–Crippen MR) is 100 cm³/mol. The summed E-state index contributed by atoms with van der Waals surface area (Å²) in [6, 6.07) is 10.1. The molecule has 0 saturated carbocycles. The molecule has 4 nitrogen and oxygen atoms in total. The molecule has 1 unspecified atom stereocenters. The molecule has 0 saturated heterocycles. The number of hydrogen-bond acceptors (Lipinski definition) is 4. The Kier molecular flexibility index (Phi) is 3.66. The number of benzene rings is 2. The van der Waals surface area contributed by atoms with E-state index in [4.69, 9.17) is 18.9 Å². The fourth-order valence-corrected chi connectivity index (χ4v) is 3.50. The molecule has 0 fully saturated rings. The minimum atomic E-state index is -0.482. The minimum absolute atomic E-state index is 0.0613. The molecule has 0 aromatic heterocycles. The van der Waals surface area contributed by atoms with Gasteiger partial charge in [0.05, 0.1) is 0 Å². The fraction of sp³-hybridized carbons (Fsp3) is 0.455. The van der Waals surface area contributed by atoms with Gasteiger partial charge in [-0.15, -0.1) is 0 Å². The molecule has 0 aliphatic carbocycles. The van der Waals surface area contributed by atoms with Crippen LogP contribution in [0, 0.1) is 0 Å². The summed E-state index contributed by atoms with van der Waals surface area (Å²) in [5.74, 6) is 3.15. The number of rotatable bonds is 1. The average molecular weight is 354 g/mol. The number of hydrogen-bond donors (Lipinski definition) is 0. The molecule has 2 aliphatic heterocycles. The average Bonchev–Trinajstić information content (AvgIpc) is 3.17. The molecule has 0 bridgehead atoms. The van der Waals surface area contributed by atoms with Crippen molar-refractivity contribution in [3.05, 3.63) is 47.0 Å². The molecule has 4 heteroatoms. The van der Waals surface area contributed by atoms with E-state index in [0.717, 1.165) is 34.1 Å². The van der Waals surface area contributed by atoms with Crippen molar-refractivity contribution in [2.45, 2.75) is 58.7 Å². The lowest BCUT2D eigenvalue weighted by molar-refractivity contribution is 0.0468. The zero-order valence-corrected chi connectivity index (χ0v) is 16.3. The first-order chi connectivity index (χ1) is 12.1.